The van der Waals surface area contributed by atoms with Crippen LogP contribution in [-0.4, -0.2) is 37.0 Å². The second kappa shape index (κ2) is 10.2. The van der Waals surface area contributed by atoms with Crippen LogP contribution in [0.3, 0.4) is 0 Å². The molecule has 2 aromatic heterocycles. The van der Waals surface area contributed by atoms with Gasteiger partial charge in [-0.05, 0) is 75.0 Å². The predicted molar refractivity (Wildman–Crippen MR) is 152 cm³/mol. The highest BCUT2D eigenvalue weighted by Gasteiger charge is 2.49. The first-order valence-corrected chi connectivity index (χ1v) is 14.9. The molecule has 2 atom stereocenters. The molecule has 196 valence electrons. The molecule has 1 fully saturated rings. The van der Waals surface area contributed by atoms with Crippen LogP contribution in [0.5, 0.6) is 0 Å². The van der Waals surface area contributed by atoms with Crippen molar-refractivity contribution in [1.82, 2.24) is 15.0 Å². The van der Waals surface area contributed by atoms with Crippen molar-refractivity contribution in [2.45, 2.75) is 67.0 Å². The lowest BCUT2D eigenvalue weighted by atomic mass is 9.66. The predicted octanol–water partition coefficient (Wildman–Crippen LogP) is 5.28. The highest BCUT2D eigenvalue weighted by molar-refractivity contribution is 7.99. The zero-order valence-corrected chi connectivity index (χ0v) is 23.8. The summed E-state index contributed by atoms with van der Waals surface area (Å²) in [5.74, 6) is 1.58. The summed E-state index contributed by atoms with van der Waals surface area (Å²) >= 11 is 7.74. The maximum atomic E-state index is 12.3. The smallest absolute Gasteiger partial charge is 0.150 e. The van der Waals surface area contributed by atoms with E-state index in [2.05, 4.69) is 34.1 Å². The van der Waals surface area contributed by atoms with Crippen molar-refractivity contribution in [2.75, 3.05) is 23.7 Å². The van der Waals surface area contributed by atoms with Gasteiger partial charge in [-0.3, -0.25) is 5.14 Å². The van der Waals surface area contributed by atoms with E-state index in [1.807, 2.05) is 26.8 Å². The molecule has 1 spiro atoms. The number of benzene rings is 1. The van der Waals surface area contributed by atoms with Gasteiger partial charge < -0.3 is 10.6 Å². The van der Waals surface area contributed by atoms with Crippen LogP contribution in [0.15, 0.2) is 52.6 Å². The quantitative estimate of drug-likeness (QED) is 0.424. The SMILES string of the molecule is Cc1nc(Sc2ccnc(N)c2Cl)cnc1N1CCC2(CC1)Cc1ccccc1[C@H]2CC(C)(C)S(N)=O. The van der Waals surface area contributed by atoms with Crippen molar-refractivity contribution in [1.29, 1.82) is 0 Å². The first-order valence-electron chi connectivity index (χ1n) is 12.5. The van der Waals surface area contributed by atoms with Crippen LogP contribution in [0.25, 0.3) is 0 Å². The summed E-state index contributed by atoms with van der Waals surface area (Å²) < 4.78 is 11.9. The van der Waals surface area contributed by atoms with Crippen LogP contribution in [0.4, 0.5) is 11.6 Å². The fourth-order valence-electron chi connectivity index (χ4n) is 5.90. The molecule has 2 aliphatic rings. The highest BCUT2D eigenvalue weighted by atomic mass is 35.5. The molecule has 4 N–H and O–H groups in total. The van der Waals surface area contributed by atoms with Crippen molar-refractivity contribution >= 4 is 46.0 Å². The van der Waals surface area contributed by atoms with E-state index in [4.69, 9.17) is 32.4 Å². The first-order chi connectivity index (χ1) is 17.6. The number of aryl methyl sites for hydroxylation is 1. The number of hydrogen-bond donors (Lipinski definition) is 2. The number of anilines is 2. The maximum absolute atomic E-state index is 12.3. The van der Waals surface area contributed by atoms with E-state index in [0.717, 1.165) is 60.2 Å². The largest absolute Gasteiger partial charge is 0.382 e. The summed E-state index contributed by atoms with van der Waals surface area (Å²) in [6, 6.07) is 10.6. The van der Waals surface area contributed by atoms with Gasteiger partial charge >= 0.3 is 0 Å². The van der Waals surface area contributed by atoms with E-state index >= 15 is 0 Å². The minimum Gasteiger partial charge on any atom is -0.382 e. The zero-order valence-electron chi connectivity index (χ0n) is 21.4. The number of piperidine rings is 1. The van der Waals surface area contributed by atoms with Crippen molar-refractivity contribution in [3.05, 3.63) is 64.6 Å². The molecule has 7 nitrogen and oxygen atoms in total. The highest BCUT2D eigenvalue weighted by Crippen LogP contribution is 2.56. The Hall–Kier alpha value is -2.20. The van der Waals surface area contributed by atoms with Crippen LogP contribution in [-0.2, 0) is 17.4 Å². The van der Waals surface area contributed by atoms with Gasteiger partial charge in [-0.15, -0.1) is 0 Å². The molecule has 1 aliphatic carbocycles. The molecule has 1 aliphatic heterocycles. The molecular formula is C27H33ClN6OS2. The lowest BCUT2D eigenvalue weighted by Gasteiger charge is -2.45. The molecule has 1 aromatic carbocycles. The fraction of sp³-hybridized carbons (Fsp3) is 0.444. The van der Waals surface area contributed by atoms with Crippen LogP contribution in [0.1, 0.15) is 55.8 Å². The van der Waals surface area contributed by atoms with E-state index in [-0.39, 0.29) is 5.41 Å². The molecular weight excluding hydrogens is 524 g/mol. The van der Waals surface area contributed by atoms with E-state index in [0.29, 0.717) is 16.8 Å². The van der Waals surface area contributed by atoms with E-state index < -0.39 is 15.7 Å². The lowest BCUT2D eigenvalue weighted by Crippen LogP contribution is -2.45. The molecule has 37 heavy (non-hydrogen) atoms. The Morgan fingerprint density at radius 2 is 1.95 bits per heavy atom. The molecule has 5 rings (SSSR count). The number of aromatic nitrogens is 3. The minimum absolute atomic E-state index is 0.145. The number of nitrogens with zero attached hydrogens (tertiary/aromatic N) is 4. The van der Waals surface area contributed by atoms with Gasteiger partial charge in [-0.1, -0.05) is 47.6 Å². The van der Waals surface area contributed by atoms with E-state index in [1.165, 1.54) is 22.9 Å². The van der Waals surface area contributed by atoms with Crippen LogP contribution < -0.4 is 15.8 Å². The Kier molecular flexibility index (Phi) is 7.26. The van der Waals surface area contributed by atoms with Gasteiger partial charge in [0.1, 0.15) is 16.7 Å². The number of halogens is 1. The molecule has 3 aromatic rings. The number of nitrogens with two attached hydrogens (primary N) is 2. The molecule has 0 amide bonds. The van der Waals surface area contributed by atoms with E-state index in [1.54, 1.807) is 12.4 Å². The summed E-state index contributed by atoms with van der Waals surface area (Å²) in [5, 5.41) is 7.11. The summed E-state index contributed by atoms with van der Waals surface area (Å²) in [7, 11) is -1.38. The van der Waals surface area contributed by atoms with Crippen molar-refractivity contribution in [3.8, 4) is 0 Å². The van der Waals surface area contributed by atoms with Gasteiger partial charge in [0.05, 0.1) is 32.6 Å². The average molecular weight is 557 g/mol. The molecule has 0 saturated carbocycles. The van der Waals surface area contributed by atoms with Gasteiger partial charge in [-0.2, -0.15) is 0 Å². The molecule has 1 unspecified atom stereocenters. The Morgan fingerprint density at radius 3 is 2.65 bits per heavy atom. The first kappa shape index (κ1) is 26.4. The van der Waals surface area contributed by atoms with Crippen LogP contribution in [0, 0.1) is 12.3 Å². The topological polar surface area (TPSA) is 111 Å². The van der Waals surface area contributed by atoms with Crippen LogP contribution >= 0.6 is 23.4 Å². The lowest BCUT2D eigenvalue weighted by molar-refractivity contribution is 0.170. The average Bonchev–Trinajstić information content (AvgIpc) is 3.15. The fourth-order valence-corrected chi connectivity index (χ4v) is 7.30. The van der Waals surface area contributed by atoms with Crippen molar-refractivity contribution in [3.63, 3.8) is 0 Å². The number of pyridine rings is 1. The molecule has 0 bridgehead atoms. The maximum Gasteiger partial charge on any atom is 0.150 e. The second-order valence-corrected chi connectivity index (χ2v) is 13.9. The standard InChI is InChI=1S/C27H33ClN6OS2/c1-17-25(32-16-22(33-17)36-21-8-11-31-24(29)23(21)28)34-12-9-27(10-13-34)14-18-6-4-5-7-19(18)20(27)15-26(2,3)37(30)35/h4-8,11,16,20H,9-10,12-15,30H2,1-3H3,(H2,29,31)/t20-,37?/m1/s1. The summed E-state index contributed by atoms with van der Waals surface area (Å²) in [6.07, 6.45) is 7.41. The third kappa shape index (κ3) is 5.11. The Labute approximate surface area is 230 Å². The summed E-state index contributed by atoms with van der Waals surface area (Å²) in [5.41, 5.74) is 9.71. The van der Waals surface area contributed by atoms with Gasteiger partial charge in [-0.25, -0.2) is 19.2 Å². The number of hydrogen-bond acceptors (Lipinski definition) is 7. The third-order valence-electron chi connectivity index (χ3n) is 8.01. The Balaban J connectivity index is 1.33. The summed E-state index contributed by atoms with van der Waals surface area (Å²) in [6.45, 7) is 7.88. The monoisotopic (exact) mass is 556 g/mol. The van der Waals surface area contributed by atoms with Gasteiger partial charge in [0, 0.05) is 24.2 Å². The van der Waals surface area contributed by atoms with Crippen molar-refractivity contribution < 1.29 is 4.21 Å². The van der Waals surface area contributed by atoms with E-state index in [9.17, 15) is 4.21 Å². The van der Waals surface area contributed by atoms with Crippen molar-refractivity contribution in [2.24, 2.45) is 10.6 Å². The van der Waals surface area contributed by atoms with Gasteiger partial charge in [0.2, 0.25) is 0 Å². The third-order valence-corrected chi connectivity index (χ3v) is 10.7. The number of fused-ring (bicyclic) bond motifs is 1. The van der Waals surface area contributed by atoms with Crippen LogP contribution in [0.2, 0.25) is 5.02 Å². The number of nitrogen functional groups attached to an aromatic ring is 1. The molecule has 0 radical (unpaired) electrons. The second-order valence-electron chi connectivity index (χ2n) is 10.8. The Morgan fingerprint density at radius 1 is 1.22 bits per heavy atom. The number of rotatable bonds is 6. The minimum atomic E-state index is -1.38. The zero-order chi connectivity index (χ0) is 26.4. The summed E-state index contributed by atoms with van der Waals surface area (Å²) in [4.78, 5) is 16.8. The normalized spacial score (nSPS) is 19.7. The molecule has 10 heteroatoms. The van der Waals surface area contributed by atoms with Gasteiger partial charge in [0.15, 0.2) is 0 Å². The molecule has 1 saturated heterocycles. The van der Waals surface area contributed by atoms with Gasteiger partial charge in [0.25, 0.3) is 0 Å². The molecule has 3 heterocycles. The Bertz CT molecular complexity index is 1340.